The molecule has 3 heterocycles. The van der Waals surface area contributed by atoms with E-state index in [1.807, 2.05) is 0 Å². The van der Waals surface area contributed by atoms with Crippen molar-refractivity contribution in [3.05, 3.63) is 30.0 Å². The Balaban J connectivity index is 1.75. The Morgan fingerprint density at radius 3 is 2.95 bits per heavy atom. The summed E-state index contributed by atoms with van der Waals surface area (Å²) in [4.78, 5) is 4.46. The van der Waals surface area contributed by atoms with Gasteiger partial charge in [-0.2, -0.15) is 10.1 Å². The predicted molar refractivity (Wildman–Crippen MR) is 74.2 cm³/mol. The third-order valence-electron chi connectivity index (χ3n) is 3.89. The van der Waals surface area contributed by atoms with Gasteiger partial charge in [0.25, 0.3) is 0 Å². The van der Waals surface area contributed by atoms with Gasteiger partial charge in [-0.05, 0) is 38.1 Å². The van der Waals surface area contributed by atoms with Gasteiger partial charge in [-0.25, -0.2) is 4.39 Å². The van der Waals surface area contributed by atoms with E-state index in [0.29, 0.717) is 22.8 Å². The van der Waals surface area contributed by atoms with Crippen LogP contribution in [0.2, 0.25) is 0 Å². The number of nitrogens with zero attached hydrogens (tertiary/aromatic N) is 3. The van der Waals surface area contributed by atoms with Crippen molar-refractivity contribution >= 4 is 10.9 Å². The molecule has 0 saturated carbocycles. The van der Waals surface area contributed by atoms with Crippen molar-refractivity contribution in [2.45, 2.75) is 18.8 Å². The summed E-state index contributed by atoms with van der Waals surface area (Å²) in [5.74, 6) is 0.970. The minimum Gasteiger partial charge on any atom is -0.339 e. The number of fused-ring (bicyclic) bond motifs is 1. The number of rotatable bonds is 2. The number of piperidine rings is 1. The summed E-state index contributed by atoms with van der Waals surface area (Å²) in [6, 6.07) is 2.81. The Bertz CT molecular complexity index is 775. The van der Waals surface area contributed by atoms with Crippen LogP contribution in [0.5, 0.6) is 0 Å². The van der Waals surface area contributed by atoms with E-state index in [1.54, 1.807) is 6.20 Å². The zero-order valence-corrected chi connectivity index (χ0v) is 11.3. The Morgan fingerprint density at radius 2 is 2.10 bits per heavy atom. The van der Waals surface area contributed by atoms with E-state index in [2.05, 4.69) is 25.7 Å². The standard InChI is InChI=1S/C14H14FN5O/c15-9-5-10(11-7-17-19-12(11)6-9)13-18-14(21-20-13)8-1-3-16-4-2-8/h5-8,16H,1-4H2,(H,17,19). The number of halogens is 1. The van der Waals surface area contributed by atoms with Gasteiger partial charge in [-0.1, -0.05) is 5.16 Å². The lowest BCUT2D eigenvalue weighted by atomic mass is 9.98. The van der Waals surface area contributed by atoms with Crippen molar-refractivity contribution in [1.29, 1.82) is 0 Å². The van der Waals surface area contributed by atoms with Gasteiger partial charge in [-0.15, -0.1) is 0 Å². The maximum absolute atomic E-state index is 13.7. The van der Waals surface area contributed by atoms with Crippen LogP contribution in [0.3, 0.4) is 0 Å². The lowest BCUT2D eigenvalue weighted by molar-refractivity contribution is 0.320. The van der Waals surface area contributed by atoms with Crippen LogP contribution >= 0.6 is 0 Å². The van der Waals surface area contributed by atoms with Crippen LogP contribution in [0.25, 0.3) is 22.3 Å². The molecule has 1 saturated heterocycles. The van der Waals surface area contributed by atoms with Crippen molar-refractivity contribution in [3.8, 4) is 11.4 Å². The number of hydrogen-bond donors (Lipinski definition) is 2. The van der Waals surface area contributed by atoms with Crippen molar-refractivity contribution in [2.75, 3.05) is 13.1 Å². The summed E-state index contributed by atoms with van der Waals surface area (Å²) in [6.45, 7) is 1.91. The minimum atomic E-state index is -0.352. The maximum atomic E-state index is 13.7. The second-order valence-corrected chi connectivity index (χ2v) is 5.27. The molecule has 0 atom stereocenters. The Labute approximate surface area is 119 Å². The molecule has 0 unspecified atom stereocenters. The molecule has 2 N–H and O–H groups in total. The minimum absolute atomic E-state index is 0.279. The second kappa shape index (κ2) is 4.92. The van der Waals surface area contributed by atoms with E-state index < -0.39 is 0 Å². The molecule has 1 aliphatic rings. The molecule has 1 aliphatic heterocycles. The zero-order valence-electron chi connectivity index (χ0n) is 11.3. The van der Waals surface area contributed by atoms with E-state index >= 15 is 0 Å². The SMILES string of the molecule is Fc1cc(-c2noc(C3CCNCC3)n2)c2cn[nH]c2c1. The molecule has 2 aromatic heterocycles. The fraction of sp³-hybridized carbons (Fsp3) is 0.357. The summed E-state index contributed by atoms with van der Waals surface area (Å²) in [5, 5.41) is 14.8. The third-order valence-corrected chi connectivity index (χ3v) is 3.89. The first kappa shape index (κ1) is 12.5. The molecule has 1 fully saturated rings. The molecule has 7 heteroatoms. The lowest BCUT2D eigenvalue weighted by Gasteiger charge is -2.18. The molecule has 6 nitrogen and oxygen atoms in total. The number of nitrogens with one attached hydrogen (secondary N) is 2. The highest BCUT2D eigenvalue weighted by Crippen LogP contribution is 2.29. The molecule has 0 bridgehead atoms. The van der Waals surface area contributed by atoms with Gasteiger partial charge < -0.3 is 9.84 Å². The molecule has 0 spiro atoms. The highest BCUT2D eigenvalue weighted by Gasteiger charge is 2.22. The highest BCUT2D eigenvalue weighted by atomic mass is 19.1. The van der Waals surface area contributed by atoms with Gasteiger partial charge in [-0.3, -0.25) is 5.10 Å². The lowest BCUT2D eigenvalue weighted by Crippen LogP contribution is -2.26. The average Bonchev–Trinajstić information content (AvgIpc) is 3.16. The predicted octanol–water partition coefficient (Wildman–Crippen LogP) is 2.22. The van der Waals surface area contributed by atoms with Gasteiger partial charge >= 0.3 is 0 Å². The van der Waals surface area contributed by atoms with Crippen LogP contribution in [-0.4, -0.2) is 33.4 Å². The third kappa shape index (κ3) is 2.19. The molecule has 0 amide bonds. The van der Waals surface area contributed by atoms with Crippen LogP contribution in [0.4, 0.5) is 4.39 Å². The van der Waals surface area contributed by atoms with E-state index in [4.69, 9.17) is 4.52 Å². The van der Waals surface area contributed by atoms with Crippen molar-refractivity contribution in [2.24, 2.45) is 0 Å². The van der Waals surface area contributed by atoms with Crippen molar-refractivity contribution < 1.29 is 8.91 Å². The molecular weight excluding hydrogens is 273 g/mol. The Morgan fingerprint density at radius 1 is 1.24 bits per heavy atom. The molecule has 0 aliphatic carbocycles. The molecule has 21 heavy (non-hydrogen) atoms. The molecular formula is C14H14FN5O. The Hall–Kier alpha value is -2.28. The maximum Gasteiger partial charge on any atom is 0.230 e. The van der Waals surface area contributed by atoms with Crippen LogP contribution in [0, 0.1) is 5.82 Å². The average molecular weight is 287 g/mol. The van der Waals surface area contributed by atoms with Crippen molar-refractivity contribution in [3.63, 3.8) is 0 Å². The first-order valence-corrected chi connectivity index (χ1v) is 6.98. The molecule has 1 aromatic carbocycles. The molecule has 4 rings (SSSR count). The number of hydrogen-bond acceptors (Lipinski definition) is 5. The van der Waals surface area contributed by atoms with E-state index in [-0.39, 0.29) is 11.7 Å². The number of H-pyrrole nitrogens is 1. The van der Waals surface area contributed by atoms with Gasteiger partial charge in [0.1, 0.15) is 5.82 Å². The summed E-state index contributed by atoms with van der Waals surface area (Å²) >= 11 is 0. The quantitative estimate of drug-likeness (QED) is 0.755. The number of aromatic nitrogens is 4. The van der Waals surface area contributed by atoms with Crippen LogP contribution < -0.4 is 5.32 Å². The number of benzene rings is 1. The van der Waals surface area contributed by atoms with Crippen molar-refractivity contribution in [1.82, 2.24) is 25.7 Å². The van der Waals surface area contributed by atoms with Gasteiger partial charge in [0.15, 0.2) is 0 Å². The topological polar surface area (TPSA) is 79.6 Å². The van der Waals surface area contributed by atoms with Crippen LogP contribution in [0.15, 0.2) is 22.9 Å². The monoisotopic (exact) mass is 287 g/mol. The zero-order chi connectivity index (χ0) is 14.2. The van der Waals surface area contributed by atoms with Gasteiger partial charge in [0.2, 0.25) is 11.7 Å². The van der Waals surface area contributed by atoms with E-state index in [1.165, 1.54) is 12.1 Å². The fourth-order valence-electron chi connectivity index (χ4n) is 2.78. The van der Waals surface area contributed by atoms with Crippen LogP contribution in [-0.2, 0) is 0 Å². The first-order valence-electron chi connectivity index (χ1n) is 6.98. The van der Waals surface area contributed by atoms with E-state index in [9.17, 15) is 4.39 Å². The summed E-state index contributed by atoms with van der Waals surface area (Å²) in [7, 11) is 0. The first-order chi connectivity index (χ1) is 10.3. The second-order valence-electron chi connectivity index (χ2n) is 5.27. The molecule has 3 aromatic rings. The summed E-state index contributed by atoms with van der Waals surface area (Å²) < 4.78 is 19.1. The highest BCUT2D eigenvalue weighted by molar-refractivity contribution is 5.92. The molecule has 108 valence electrons. The molecule has 0 radical (unpaired) electrons. The smallest absolute Gasteiger partial charge is 0.230 e. The largest absolute Gasteiger partial charge is 0.339 e. The summed E-state index contributed by atoms with van der Waals surface area (Å²) in [6.07, 6.45) is 3.60. The van der Waals surface area contributed by atoms with E-state index in [0.717, 1.165) is 31.3 Å². The number of aromatic amines is 1. The van der Waals surface area contributed by atoms with Gasteiger partial charge in [0.05, 0.1) is 11.7 Å². The normalized spacial score (nSPS) is 16.6. The summed E-state index contributed by atoms with van der Waals surface area (Å²) in [5.41, 5.74) is 1.22. The Kier molecular flexibility index (Phi) is 2.92. The van der Waals surface area contributed by atoms with Crippen LogP contribution in [0.1, 0.15) is 24.7 Å². The van der Waals surface area contributed by atoms with Gasteiger partial charge in [0, 0.05) is 16.9 Å². The fourth-order valence-corrected chi connectivity index (χ4v) is 2.78.